The summed E-state index contributed by atoms with van der Waals surface area (Å²) < 4.78 is 0. The Morgan fingerprint density at radius 2 is 2.00 bits per heavy atom. The average Bonchev–Trinajstić information content (AvgIpc) is 2.15. The standard InChI is InChI=1S/C12H18N2/c1-10(2)9-12(13)4-3-11-5-7-14-8-6-11/h3-8,10,12H,9,13H2,1-2H3/b4-3+/t12-/m1/s1. The molecule has 0 aromatic carbocycles. The zero-order valence-electron chi connectivity index (χ0n) is 8.85. The molecule has 0 aliphatic carbocycles. The molecular weight excluding hydrogens is 172 g/mol. The van der Waals surface area contributed by atoms with Crippen LogP contribution in [-0.2, 0) is 0 Å². The van der Waals surface area contributed by atoms with E-state index in [2.05, 4.69) is 31.0 Å². The van der Waals surface area contributed by atoms with Crippen molar-refractivity contribution in [3.8, 4) is 0 Å². The van der Waals surface area contributed by atoms with Crippen LogP contribution in [0.3, 0.4) is 0 Å². The number of hydrogen-bond donors (Lipinski definition) is 1. The van der Waals surface area contributed by atoms with Gasteiger partial charge in [0, 0.05) is 18.4 Å². The molecule has 2 nitrogen and oxygen atoms in total. The molecule has 1 heterocycles. The van der Waals surface area contributed by atoms with E-state index in [4.69, 9.17) is 5.73 Å². The SMILES string of the molecule is CC(C)C[C@H](N)/C=C/c1ccncc1. The van der Waals surface area contributed by atoms with E-state index in [1.165, 1.54) is 0 Å². The summed E-state index contributed by atoms with van der Waals surface area (Å²) in [6.07, 6.45) is 8.70. The van der Waals surface area contributed by atoms with E-state index >= 15 is 0 Å². The van der Waals surface area contributed by atoms with Crippen LogP contribution in [-0.4, -0.2) is 11.0 Å². The first-order valence-electron chi connectivity index (χ1n) is 5.02. The molecule has 0 aliphatic rings. The molecule has 0 bridgehead atoms. The molecule has 2 heteroatoms. The fourth-order valence-corrected chi connectivity index (χ4v) is 1.33. The molecule has 0 amide bonds. The number of pyridine rings is 1. The van der Waals surface area contributed by atoms with Crippen LogP contribution in [0.4, 0.5) is 0 Å². The van der Waals surface area contributed by atoms with Crippen LogP contribution < -0.4 is 5.73 Å². The minimum absolute atomic E-state index is 0.156. The van der Waals surface area contributed by atoms with Crippen molar-refractivity contribution in [2.24, 2.45) is 11.7 Å². The molecule has 76 valence electrons. The van der Waals surface area contributed by atoms with Crippen LogP contribution in [0.2, 0.25) is 0 Å². The van der Waals surface area contributed by atoms with Crippen molar-refractivity contribution in [3.63, 3.8) is 0 Å². The molecule has 0 spiro atoms. The predicted molar refractivity (Wildman–Crippen MR) is 60.7 cm³/mol. The highest BCUT2D eigenvalue weighted by Crippen LogP contribution is 2.06. The summed E-state index contributed by atoms with van der Waals surface area (Å²) in [6, 6.07) is 4.10. The highest BCUT2D eigenvalue weighted by Gasteiger charge is 2.00. The van der Waals surface area contributed by atoms with Crippen LogP contribution in [0.5, 0.6) is 0 Å². The molecule has 0 aliphatic heterocycles. The first-order valence-corrected chi connectivity index (χ1v) is 5.02. The van der Waals surface area contributed by atoms with Crippen LogP contribution in [0.15, 0.2) is 30.6 Å². The van der Waals surface area contributed by atoms with Crippen molar-refractivity contribution in [1.29, 1.82) is 0 Å². The second-order valence-electron chi connectivity index (χ2n) is 3.93. The second kappa shape index (κ2) is 5.55. The maximum Gasteiger partial charge on any atom is 0.0273 e. The number of hydrogen-bond acceptors (Lipinski definition) is 2. The fourth-order valence-electron chi connectivity index (χ4n) is 1.33. The molecule has 0 unspecified atom stereocenters. The summed E-state index contributed by atoms with van der Waals surface area (Å²) in [7, 11) is 0. The fraction of sp³-hybridized carbons (Fsp3) is 0.417. The molecule has 14 heavy (non-hydrogen) atoms. The topological polar surface area (TPSA) is 38.9 Å². The van der Waals surface area contributed by atoms with E-state index in [1.807, 2.05) is 12.1 Å². The second-order valence-corrected chi connectivity index (χ2v) is 3.93. The predicted octanol–water partition coefficient (Wildman–Crippen LogP) is 2.47. The molecule has 0 saturated heterocycles. The summed E-state index contributed by atoms with van der Waals surface area (Å²) >= 11 is 0. The van der Waals surface area contributed by atoms with Crippen molar-refractivity contribution in [3.05, 3.63) is 36.2 Å². The first kappa shape index (κ1) is 10.9. The first-order chi connectivity index (χ1) is 6.68. The lowest BCUT2D eigenvalue weighted by molar-refractivity contribution is 0.547. The summed E-state index contributed by atoms with van der Waals surface area (Å²) in [5, 5.41) is 0. The maximum absolute atomic E-state index is 5.92. The van der Waals surface area contributed by atoms with Crippen LogP contribution in [0.1, 0.15) is 25.8 Å². The molecule has 1 atom stereocenters. The van der Waals surface area contributed by atoms with Gasteiger partial charge in [-0.2, -0.15) is 0 Å². The van der Waals surface area contributed by atoms with Gasteiger partial charge in [0.05, 0.1) is 0 Å². The number of nitrogens with zero attached hydrogens (tertiary/aromatic N) is 1. The molecule has 1 rings (SSSR count). The maximum atomic E-state index is 5.92. The quantitative estimate of drug-likeness (QED) is 0.792. The van der Waals surface area contributed by atoms with E-state index < -0.39 is 0 Å². The molecule has 1 aromatic heterocycles. The Kier molecular flexibility index (Phi) is 4.33. The Balaban J connectivity index is 2.48. The Morgan fingerprint density at radius 1 is 1.36 bits per heavy atom. The van der Waals surface area contributed by atoms with Gasteiger partial charge in [0.2, 0.25) is 0 Å². The van der Waals surface area contributed by atoms with Crippen LogP contribution in [0.25, 0.3) is 6.08 Å². The number of rotatable bonds is 4. The third kappa shape index (κ3) is 4.19. The van der Waals surface area contributed by atoms with Crippen molar-refractivity contribution in [2.75, 3.05) is 0 Å². The lowest BCUT2D eigenvalue weighted by Gasteiger charge is -2.08. The zero-order valence-corrected chi connectivity index (χ0v) is 8.85. The minimum Gasteiger partial charge on any atom is -0.324 e. The Hall–Kier alpha value is -1.15. The van der Waals surface area contributed by atoms with Gasteiger partial charge in [-0.25, -0.2) is 0 Å². The van der Waals surface area contributed by atoms with Crippen molar-refractivity contribution in [2.45, 2.75) is 26.3 Å². The van der Waals surface area contributed by atoms with Crippen molar-refractivity contribution in [1.82, 2.24) is 4.98 Å². The minimum atomic E-state index is 0.156. The van der Waals surface area contributed by atoms with Crippen LogP contribution in [0, 0.1) is 5.92 Å². The Morgan fingerprint density at radius 3 is 2.57 bits per heavy atom. The summed E-state index contributed by atoms with van der Waals surface area (Å²) in [5.41, 5.74) is 7.07. The van der Waals surface area contributed by atoms with E-state index in [9.17, 15) is 0 Å². The molecule has 2 N–H and O–H groups in total. The van der Waals surface area contributed by atoms with Crippen LogP contribution >= 0.6 is 0 Å². The van der Waals surface area contributed by atoms with Gasteiger partial charge < -0.3 is 5.73 Å². The van der Waals surface area contributed by atoms with Gasteiger partial charge in [-0.1, -0.05) is 26.0 Å². The monoisotopic (exact) mass is 190 g/mol. The van der Waals surface area contributed by atoms with Gasteiger partial charge in [-0.15, -0.1) is 0 Å². The highest BCUT2D eigenvalue weighted by atomic mass is 14.6. The van der Waals surface area contributed by atoms with E-state index in [-0.39, 0.29) is 6.04 Å². The van der Waals surface area contributed by atoms with Crippen molar-refractivity contribution < 1.29 is 0 Å². The lowest BCUT2D eigenvalue weighted by Crippen LogP contribution is -2.18. The molecular formula is C12H18N2. The summed E-state index contributed by atoms with van der Waals surface area (Å²) in [5.74, 6) is 0.645. The zero-order chi connectivity index (χ0) is 10.4. The smallest absolute Gasteiger partial charge is 0.0273 e. The summed E-state index contributed by atoms with van der Waals surface area (Å²) in [6.45, 7) is 4.36. The van der Waals surface area contributed by atoms with Gasteiger partial charge in [-0.05, 0) is 30.0 Å². The lowest BCUT2D eigenvalue weighted by atomic mass is 10.0. The summed E-state index contributed by atoms with van der Waals surface area (Å²) in [4.78, 5) is 3.96. The van der Waals surface area contributed by atoms with E-state index in [1.54, 1.807) is 12.4 Å². The average molecular weight is 190 g/mol. The van der Waals surface area contributed by atoms with E-state index in [0.29, 0.717) is 5.92 Å². The Bertz CT molecular complexity index is 278. The third-order valence-electron chi connectivity index (χ3n) is 1.99. The molecule has 1 aromatic rings. The van der Waals surface area contributed by atoms with Crippen molar-refractivity contribution >= 4 is 6.08 Å². The normalized spacial score (nSPS) is 13.7. The third-order valence-corrected chi connectivity index (χ3v) is 1.99. The largest absolute Gasteiger partial charge is 0.324 e. The van der Waals surface area contributed by atoms with Gasteiger partial charge in [0.15, 0.2) is 0 Å². The number of aromatic nitrogens is 1. The van der Waals surface area contributed by atoms with Gasteiger partial charge >= 0.3 is 0 Å². The van der Waals surface area contributed by atoms with Gasteiger partial charge in [0.1, 0.15) is 0 Å². The molecule has 0 fully saturated rings. The molecule has 0 radical (unpaired) electrons. The van der Waals surface area contributed by atoms with Gasteiger partial charge in [0.25, 0.3) is 0 Å². The van der Waals surface area contributed by atoms with Gasteiger partial charge in [-0.3, -0.25) is 4.98 Å². The van der Waals surface area contributed by atoms with E-state index in [0.717, 1.165) is 12.0 Å². The number of nitrogens with two attached hydrogens (primary N) is 1. The molecule has 0 saturated carbocycles. The highest BCUT2D eigenvalue weighted by molar-refractivity contribution is 5.48. The Labute approximate surface area is 85.9 Å².